The molecule has 21 heavy (non-hydrogen) atoms. The maximum Gasteiger partial charge on any atom is 0.573 e. The number of para-hydroxylation sites is 1. The molecule has 0 saturated carbocycles. The SMILES string of the molecule is NC(=O)c1nccnc1Cc1ccccc1OC(F)(F)F. The Kier molecular flexibility index (Phi) is 4.06. The highest BCUT2D eigenvalue weighted by Gasteiger charge is 2.32. The van der Waals surface area contributed by atoms with E-state index in [1.54, 1.807) is 6.07 Å². The Morgan fingerprint density at radius 1 is 1.19 bits per heavy atom. The van der Waals surface area contributed by atoms with Crippen molar-refractivity contribution in [3.05, 3.63) is 53.6 Å². The molecule has 0 aliphatic rings. The molecular formula is C13H10F3N3O2. The molecule has 0 aliphatic heterocycles. The number of amides is 1. The predicted octanol–water partition coefficient (Wildman–Crippen LogP) is 2.06. The molecule has 0 unspecified atom stereocenters. The Hall–Kier alpha value is -2.64. The molecule has 0 atom stereocenters. The lowest BCUT2D eigenvalue weighted by Crippen LogP contribution is -2.19. The van der Waals surface area contributed by atoms with Crippen molar-refractivity contribution in [2.45, 2.75) is 12.8 Å². The highest BCUT2D eigenvalue weighted by atomic mass is 19.4. The number of carbonyl (C=O) groups excluding carboxylic acids is 1. The lowest BCUT2D eigenvalue weighted by molar-refractivity contribution is -0.274. The summed E-state index contributed by atoms with van der Waals surface area (Å²) in [5.41, 5.74) is 5.48. The Labute approximate surface area is 117 Å². The number of primary amides is 1. The van der Waals surface area contributed by atoms with E-state index in [1.807, 2.05) is 0 Å². The molecule has 110 valence electrons. The van der Waals surface area contributed by atoms with E-state index in [1.165, 1.54) is 30.6 Å². The van der Waals surface area contributed by atoms with Crippen LogP contribution in [0.1, 0.15) is 21.7 Å². The van der Waals surface area contributed by atoms with Gasteiger partial charge in [-0.05, 0) is 6.07 Å². The molecule has 8 heteroatoms. The summed E-state index contributed by atoms with van der Waals surface area (Å²) in [5.74, 6) is -1.15. The minimum absolute atomic E-state index is 0.0572. The standard InChI is InChI=1S/C13H10F3N3O2/c14-13(15,16)21-10-4-2-1-3-8(10)7-9-11(12(17)20)19-6-5-18-9/h1-6H,7H2,(H2,17,20). The lowest BCUT2D eigenvalue weighted by Gasteiger charge is -2.13. The number of hydrogen-bond acceptors (Lipinski definition) is 4. The van der Waals surface area contributed by atoms with Crippen molar-refractivity contribution in [2.75, 3.05) is 0 Å². The van der Waals surface area contributed by atoms with Crippen LogP contribution in [0, 0.1) is 0 Å². The number of rotatable bonds is 4. The van der Waals surface area contributed by atoms with E-state index < -0.39 is 12.3 Å². The molecule has 5 nitrogen and oxygen atoms in total. The van der Waals surface area contributed by atoms with Gasteiger partial charge in [0.2, 0.25) is 0 Å². The summed E-state index contributed by atoms with van der Waals surface area (Å²) in [6.45, 7) is 0. The van der Waals surface area contributed by atoms with Crippen LogP contribution in [0.25, 0.3) is 0 Å². The molecule has 2 aromatic rings. The van der Waals surface area contributed by atoms with Crippen molar-refractivity contribution in [2.24, 2.45) is 5.73 Å². The highest BCUT2D eigenvalue weighted by Crippen LogP contribution is 2.27. The number of nitrogens with two attached hydrogens (primary N) is 1. The normalized spacial score (nSPS) is 11.2. The van der Waals surface area contributed by atoms with E-state index in [0.29, 0.717) is 0 Å². The summed E-state index contributed by atoms with van der Waals surface area (Å²) in [5, 5.41) is 0. The molecule has 1 aromatic carbocycles. The van der Waals surface area contributed by atoms with Crippen LogP contribution < -0.4 is 10.5 Å². The molecule has 0 aliphatic carbocycles. The second-order valence-corrected chi connectivity index (χ2v) is 4.05. The maximum absolute atomic E-state index is 12.3. The van der Waals surface area contributed by atoms with Gasteiger partial charge in [-0.3, -0.25) is 9.78 Å². The Balaban J connectivity index is 2.35. The molecule has 1 amide bonds. The summed E-state index contributed by atoms with van der Waals surface area (Å²) in [6.07, 6.45) is -2.25. The lowest BCUT2D eigenvalue weighted by atomic mass is 10.1. The summed E-state index contributed by atoms with van der Waals surface area (Å²) in [4.78, 5) is 18.9. The number of hydrogen-bond donors (Lipinski definition) is 1. The minimum atomic E-state index is -4.80. The predicted molar refractivity (Wildman–Crippen MR) is 66.5 cm³/mol. The van der Waals surface area contributed by atoms with Crippen LogP contribution in [-0.2, 0) is 6.42 Å². The average Bonchev–Trinajstić information content (AvgIpc) is 2.40. The fraction of sp³-hybridized carbons (Fsp3) is 0.154. The zero-order chi connectivity index (χ0) is 15.5. The van der Waals surface area contributed by atoms with Gasteiger partial charge >= 0.3 is 6.36 Å². The summed E-state index contributed by atoms with van der Waals surface area (Å²) in [7, 11) is 0. The third-order valence-electron chi connectivity index (χ3n) is 2.56. The van der Waals surface area contributed by atoms with Crippen molar-refractivity contribution in [3.8, 4) is 5.75 Å². The zero-order valence-electron chi connectivity index (χ0n) is 10.6. The Bertz CT molecular complexity index is 659. The summed E-state index contributed by atoms with van der Waals surface area (Å²) >= 11 is 0. The van der Waals surface area contributed by atoms with E-state index in [9.17, 15) is 18.0 Å². The smallest absolute Gasteiger partial charge is 0.405 e. The van der Waals surface area contributed by atoms with Gasteiger partial charge in [0.1, 0.15) is 11.4 Å². The topological polar surface area (TPSA) is 78.1 Å². The third-order valence-corrected chi connectivity index (χ3v) is 2.56. The monoisotopic (exact) mass is 297 g/mol. The molecule has 0 saturated heterocycles. The van der Waals surface area contributed by atoms with Gasteiger partial charge in [0.15, 0.2) is 0 Å². The van der Waals surface area contributed by atoms with Gasteiger partial charge in [-0.25, -0.2) is 4.98 Å². The van der Waals surface area contributed by atoms with Gasteiger partial charge in [-0.1, -0.05) is 18.2 Å². The summed E-state index contributed by atoms with van der Waals surface area (Å²) in [6, 6.07) is 5.60. The van der Waals surface area contributed by atoms with Crippen molar-refractivity contribution < 1.29 is 22.7 Å². The van der Waals surface area contributed by atoms with Crippen molar-refractivity contribution >= 4 is 5.91 Å². The van der Waals surface area contributed by atoms with E-state index in [2.05, 4.69) is 14.7 Å². The molecule has 0 radical (unpaired) electrons. The first-order valence-electron chi connectivity index (χ1n) is 5.80. The fourth-order valence-electron chi connectivity index (χ4n) is 1.76. The average molecular weight is 297 g/mol. The number of carbonyl (C=O) groups is 1. The maximum atomic E-state index is 12.3. The Morgan fingerprint density at radius 3 is 2.52 bits per heavy atom. The van der Waals surface area contributed by atoms with Gasteiger partial charge in [-0.2, -0.15) is 0 Å². The third kappa shape index (κ3) is 3.91. The van der Waals surface area contributed by atoms with E-state index in [-0.39, 0.29) is 29.1 Å². The van der Waals surface area contributed by atoms with E-state index >= 15 is 0 Å². The molecule has 1 aromatic heterocycles. The molecule has 0 bridgehead atoms. The van der Waals surface area contributed by atoms with Gasteiger partial charge in [0, 0.05) is 24.4 Å². The molecule has 2 rings (SSSR count). The van der Waals surface area contributed by atoms with Crippen molar-refractivity contribution in [1.82, 2.24) is 9.97 Å². The van der Waals surface area contributed by atoms with Crippen LogP contribution in [0.4, 0.5) is 13.2 Å². The number of benzene rings is 1. The minimum Gasteiger partial charge on any atom is -0.405 e. The first kappa shape index (κ1) is 14.8. The summed E-state index contributed by atoms with van der Waals surface area (Å²) < 4.78 is 41.0. The van der Waals surface area contributed by atoms with E-state index in [0.717, 1.165) is 0 Å². The van der Waals surface area contributed by atoms with E-state index in [4.69, 9.17) is 5.73 Å². The Morgan fingerprint density at radius 2 is 1.86 bits per heavy atom. The van der Waals surface area contributed by atoms with Crippen LogP contribution >= 0.6 is 0 Å². The first-order chi connectivity index (χ1) is 9.87. The van der Waals surface area contributed by atoms with Crippen molar-refractivity contribution in [3.63, 3.8) is 0 Å². The van der Waals surface area contributed by atoms with Crippen LogP contribution in [0.15, 0.2) is 36.7 Å². The number of ether oxygens (including phenoxy) is 1. The van der Waals surface area contributed by atoms with Crippen LogP contribution in [0.5, 0.6) is 5.75 Å². The van der Waals surface area contributed by atoms with Crippen molar-refractivity contribution in [1.29, 1.82) is 0 Å². The number of nitrogens with zero attached hydrogens (tertiary/aromatic N) is 2. The molecule has 2 N–H and O–H groups in total. The zero-order valence-corrected chi connectivity index (χ0v) is 10.6. The van der Waals surface area contributed by atoms with Crippen LogP contribution in [0.3, 0.4) is 0 Å². The highest BCUT2D eigenvalue weighted by molar-refractivity contribution is 5.91. The molecular weight excluding hydrogens is 287 g/mol. The molecule has 0 fully saturated rings. The largest absolute Gasteiger partial charge is 0.573 e. The fourth-order valence-corrected chi connectivity index (χ4v) is 1.76. The number of halogens is 3. The quantitative estimate of drug-likeness (QED) is 0.937. The van der Waals surface area contributed by atoms with Gasteiger partial charge in [-0.15, -0.1) is 13.2 Å². The number of aromatic nitrogens is 2. The number of alkyl halides is 3. The second kappa shape index (κ2) is 5.78. The molecule has 1 heterocycles. The van der Waals surface area contributed by atoms with Gasteiger partial charge < -0.3 is 10.5 Å². The van der Waals surface area contributed by atoms with Gasteiger partial charge in [0.05, 0.1) is 5.69 Å². The molecule has 0 spiro atoms. The second-order valence-electron chi connectivity index (χ2n) is 4.05. The van der Waals surface area contributed by atoms with Gasteiger partial charge in [0.25, 0.3) is 5.91 Å². The first-order valence-corrected chi connectivity index (χ1v) is 5.80. The van der Waals surface area contributed by atoms with Crippen LogP contribution in [-0.4, -0.2) is 22.2 Å². The van der Waals surface area contributed by atoms with Crippen LogP contribution in [0.2, 0.25) is 0 Å².